The Labute approximate surface area is 173 Å². The van der Waals surface area contributed by atoms with E-state index in [-0.39, 0.29) is 6.61 Å². The third-order valence-corrected chi connectivity index (χ3v) is 7.01. The topological polar surface area (TPSA) is 68.7 Å². The fraction of sp³-hybridized carbons (Fsp3) is 0.286. The molecule has 0 bridgehead atoms. The van der Waals surface area contributed by atoms with Crippen LogP contribution in [0.4, 0.5) is 4.39 Å². The fourth-order valence-electron chi connectivity index (χ4n) is 2.85. The Morgan fingerprint density at radius 3 is 2.72 bits per heavy atom. The van der Waals surface area contributed by atoms with E-state index in [0.717, 1.165) is 27.5 Å². The number of aliphatic hydroxyl groups is 1. The maximum Gasteiger partial charge on any atom is 0.190 e. The smallest absolute Gasteiger partial charge is 0.190 e. The molecule has 1 N–H and O–H groups in total. The summed E-state index contributed by atoms with van der Waals surface area (Å²) in [6.45, 7) is 5.51. The summed E-state index contributed by atoms with van der Waals surface area (Å²) < 4.78 is 37.0. The van der Waals surface area contributed by atoms with Crippen LogP contribution >= 0.6 is 18.5 Å². The number of pyridine rings is 1. The molecule has 0 aliphatic carbocycles. The highest BCUT2D eigenvalue weighted by Gasteiger charge is 2.19. The summed E-state index contributed by atoms with van der Waals surface area (Å²) in [5.41, 5.74) is 2.07. The van der Waals surface area contributed by atoms with Crippen LogP contribution in [0.25, 0.3) is 11.3 Å². The van der Waals surface area contributed by atoms with Crippen LogP contribution in [0, 0.1) is 12.7 Å². The highest BCUT2D eigenvalue weighted by Crippen LogP contribution is 2.38. The van der Waals surface area contributed by atoms with Crippen molar-refractivity contribution in [1.29, 1.82) is 0 Å². The zero-order valence-electron chi connectivity index (χ0n) is 16.7. The van der Waals surface area contributed by atoms with Gasteiger partial charge in [0.2, 0.25) is 0 Å². The second-order valence-corrected chi connectivity index (χ2v) is 11.5. The van der Waals surface area contributed by atoms with Crippen LogP contribution in [-0.4, -0.2) is 30.5 Å². The second-order valence-electron chi connectivity index (χ2n) is 7.02. The van der Waals surface area contributed by atoms with E-state index in [2.05, 4.69) is 4.98 Å². The summed E-state index contributed by atoms with van der Waals surface area (Å²) in [5.74, 6) is -0.208. The van der Waals surface area contributed by atoms with Gasteiger partial charge in [-0.25, -0.2) is 9.37 Å². The molecule has 0 aliphatic rings. The first-order valence-corrected chi connectivity index (χ1v) is 12.3. The van der Waals surface area contributed by atoms with E-state index < -0.39 is 19.2 Å². The van der Waals surface area contributed by atoms with E-state index in [9.17, 15) is 14.1 Å². The van der Waals surface area contributed by atoms with E-state index in [0.29, 0.717) is 16.3 Å². The monoisotopic (exact) mass is 435 g/mol. The second kappa shape index (κ2) is 8.76. The number of benzene rings is 1. The van der Waals surface area contributed by atoms with Crippen LogP contribution < -0.4 is 10.0 Å². The Morgan fingerprint density at radius 2 is 2.03 bits per heavy atom. The van der Waals surface area contributed by atoms with Crippen LogP contribution in [0.15, 0.2) is 42.6 Å². The lowest BCUT2D eigenvalue weighted by Crippen LogP contribution is -2.06. The summed E-state index contributed by atoms with van der Waals surface area (Å²) in [6, 6.07) is 10.4. The molecule has 3 aromatic rings. The molecule has 1 aromatic carbocycles. The van der Waals surface area contributed by atoms with Crippen molar-refractivity contribution in [3.05, 3.63) is 63.7 Å². The predicted molar refractivity (Wildman–Crippen MR) is 114 cm³/mol. The maximum atomic E-state index is 13.9. The molecule has 8 heteroatoms. The minimum atomic E-state index is -2.38. The van der Waals surface area contributed by atoms with Crippen molar-refractivity contribution in [2.24, 2.45) is 0 Å². The van der Waals surface area contributed by atoms with Gasteiger partial charge in [-0.2, -0.15) is 0 Å². The molecule has 1 atom stereocenters. The average molecular weight is 435 g/mol. The van der Waals surface area contributed by atoms with Gasteiger partial charge in [0.25, 0.3) is 0 Å². The summed E-state index contributed by atoms with van der Waals surface area (Å²) in [4.78, 5) is 5.75. The molecule has 1 unspecified atom stereocenters. The molecular formula is C21H23FNO4PS. The highest BCUT2D eigenvalue weighted by molar-refractivity contribution is 7.70. The van der Waals surface area contributed by atoms with Gasteiger partial charge in [0.15, 0.2) is 6.29 Å². The van der Waals surface area contributed by atoms with Crippen molar-refractivity contribution in [2.45, 2.75) is 19.8 Å². The van der Waals surface area contributed by atoms with Gasteiger partial charge in [0.05, 0.1) is 11.1 Å². The minimum Gasteiger partial charge on any atom is -0.487 e. The molecule has 0 fully saturated rings. The van der Waals surface area contributed by atoms with Gasteiger partial charge >= 0.3 is 0 Å². The maximum absolute atomic E-state index is 13.9. The van der Waals surface area contributed by atoms with Crippen molar-refractivity contribution in [1.82, 2.24) is 4.98 Å². The number of methoxy groups -OCH3 is 1. The third-order valence-electron chi connectivity index (χ3n) is 4.40. The normalized spacial score (nSPS) is 12.8. The van der Waals surface area contributed by atoms with Crippen molar-refractivity contribution in [2.75, 3.05) is 20.4 Å². The molecule has 3 rings (SSSR count). The Hall–Kier alpha value is -2.05. The number of aromatic nitrogens is 1. The van der Waals surface area contributed by atoms with Crippen LogP contribution in [0.2, 0.25) is 0 Å². The predicted octanol–water partition coefficient (Wildman–Crippen LogP) is 4.72. The lowest BCUT2D eigenvalue weighted by atomic mass is 10.1. The van der Waals surface area contributed by atoms with Crippen LogP contribution in [0.3, 0.4) is 0 Å². The third kappa shape index (κ3) is 5.11. The van der Waals surface area contributed by atoms with Crippen LogP contribution in [0.5, 0.6) is 5.75 Å². The molecule has 0 saturated heterocycles. The lowest BCUT2D eigenvalue weighted by Gasteiger charge is -2.13. The molecule has 0 aliphatic heterocycles. The lowest BCUT2D eigenvalue weighted by molar-refractivity contribution is -0.0743. The number of aryl methyl sites for hydroxylation is 1. The highest BCUT2D eigenvalue weighted by atomic mass is 32.1. The summed E-state index contributed by atoms with van der Waals surface area (Å²) >= 11 is 1.38. The van der Waals surface area contributed by atoms with Gasteiger partial charge in [0, 0.05) is 28.9 Å². The van der Waals surface area contributed by atoms with Crippen LogP contribution in [0.1, 0.15) is 21.6 Å². The Bertz CT molecular complexity index is 1060. The summed E-state index contributed by atoms with van der Waals surface area (Å²) in [5, 5.41) is 10.7. The van der Waals surface area contributed by atoms with E-state index in [1.807, 2.05) is 31.2 Å². The van der Waals surface area contributed by atoms with E-state index in [4.69, 9.17) is 9.47 Å². The Balaban J connectivity index is 1.91. The van der Waals surface area contributed by atoms with E-state index >= 15 is 0 Å². The number of hydrogen-bond donors (Lipinski definition) is 1. The molecule has 0 amide bonds. The molecular weight excluding hydrogens is 412 g/mol. The molecule has 0 spiro atoms. The zero-order valence-corrected chi connectivity index (χ0v) is 18.4. The Kier molecular flexibility index (Phi) is 6.54. The number of rotatable bonds is 7. The molecule has 29 heavy (non-hydrogen) atoms. The molecule has 154 valence electrons. The first kappa shape index (κ1) is 21.7. The van der Waals surface area contributed by atoms with Crippen molar-refractivity contribution < 1.29 is 23.5 Å². The van der Waals surface area contributed by atoms with Gasteiger partial charge in [-0.3, -0.25) is 0 Å². The van der Waals surface area contributed by atoms with Crippen molar-refractivity contribution >= 4 is 23.8 Å². The summed E-state index contributed by atoms with van der Waals surface area (Å²) in [7, 11) is -0.964. The zero-order chi connectivity index (χ0) is 21.2. The number of hydrogen-bond acceptors (Lipinski definition) is 6. The van der Waals surface area contributed by atoms with E-state index in [1.54, 1.807) is 19.4 Å². The molecule has 2 aromatic heterocycles. The molecule has 0 radical (unpaired) electrons. The fourth-order valence-corrected chi connectivity index (χ4v) is 4.77. The number of ether oxygens (including phenoxy) is 2. The first-order valence-electron chi connectivity index (χ1n) is 8.93. The quantitative estimate of drug-likeness (QED) is 0.430. The van der Waals surface area contributed by atoms with Gasteiger partial charge in [-0.05, 0) is 37.9 Å². The number of nitrogens with zero attached hydrogens (tertiary/aromatic N) is 1. The van der Waals surface area contributed by atoms with E-state index in [1.165, 1.54) is 24.5 Å². The van der Waals surface area contributed by atoms with Crippen molar-refractivity contribution in [3.8, 4) is 17.0 Å². The average Bonchev–Trinajstić information content (AvgIpc) is 3.07. The molecule has 5 nitrogen and oxygen atoms in total. The SMILES string of the molecule is COC(O)c1cc(-c2ncc(F)cc2OCc2cccc(P(C)(C)=O)c2)c(C)s1. The van der Waals surface area contributed by atoms with Gasteiger partial charge in [-0.1, -0.05) is 18.2 Å². The largest absolute Gasteiger partial charge is 0.487 e. The number of thiophene rings is 1. The van der Waals surface area contributed by atoms with Gasteiger partial charge in [0.1, 0.15) is 31.0 Å². The number of halogens is 1. The number of aliphatic hydroxyl groups excluding tert-OH is 1. The standard InChI is InChI=1S/C21H23FNO4PS/c1-13-17(10-19(29-13)21(24)26-2)20-18(9-15(22)11-23-20)27-12-14-6-5-7-16(8-14)28(3,4)25/h5-11,21,24H,12H2,1-4H3. The Morgan fingerprint density at radius 1 is 1.28 bits per heavy atom. The molecule has 2 heterocycles. The van der Waals surface area contributed by atoms with Crippen LogP contribution in [-0.2, 0) is 15.9 Å². The van der Waals surface area contributed by atoms with Gasteiger partial charge < -0.3 is 19.1 Å². The van der Waals surface area contributed by atoms with Gasteiger partial charge in [-0.15, -0.1) is 11.3 Å². The minimum absolute atomic E-state index is 0.183. The first-order chi connectivity index (χ1) is 13.7. The molecule has 0 saturated carbocycles. The summed E-state index contributed by atoms with van der Waals surface area (Å²) in [6.07, 6.45) is 0.107. The van der Waals surface area contributed by atoms with Crippen molar-refractivity contribution in [3.63, 3.8) is 0 Å².